The number of nitrogens with one attached hydrogen (secondary N) is 1. The fourth-order valence-electron chi connectivity index (χ4n) is 4.31. The summed E-state index contributed by atoms with van der Waals surface area (Å²) in [6, 6.07) is 7.37. The van der Waals surface area contributed by atoms with Crippen LogP contribution in [0.4, 0.5) is 0 Å². The van der Waals surface area contributed by atoms with Gasteiger partial charge in [-0.1, -0.05) is 13.8 Å². The molecule has 172 valence electrons. The molecule has 0 amide bonds. The first-order valence-electron chi connectivity index (χ1n) is 11.3. The van der Waals surface area contributed by atoms with Crippen LogP contribution in [-0.2, 0) is 5.54 Å². The normalized spacial score (nSPS) is 17.0. The number of piperazine rings is 1. The number of aromatic nitrogens is 5. The van der Waals surface area contributed by atoms with Crippen molar-refractivity contribution in [3.63, 3.8) is 0 Å². The first kappa shape index (κ1) is 22.4. The fraction of sp³-hybridized carbons (Fsp3) is 0.565. The van der Waals surface area contributed by atoms with E-state index in [1.807, 2.05) is 28.9 Å². The Bertz CT molecular complexity index is 1130. The third-order valence-electron chi connectivity index (χ3n) is 6.77. The lowest BCUT2D eigenvalue weighted by Crippen LogP contribution is -2.49. The Morgan fingerprint density at radius 2 is 1.91 bits per heavy atom. The molecular weight excluding hydrogens is 406 g/mol. The van der Waals surface area contributed by atoms with Gasteiger partial charge in [0.15, 0.2) is 5.82 Å². The zero-order chi connectivity index (χ0) is 22.9. The van der Waals surface area contributed by atoms with Crippen molar-refractivity contribution in [3.8, 4) is 5.75 Å². The summed E-state index contributed by atoms with van der Waals surface area (Å²) in [5.74, 6) is 1.42. The zero-order valence-electron chi connectivity index (χ0n) is 19.6. The highest BCUT2D eigenvalue weighted by molar-refractivity contribution is 5.80. The number of methoxy groups -OCH3 is 1. The van der Waals surface area contributed by atoms with Gasteiger partial charge in [-0.3, -0.25) is 9.69 Å². The molecule has 3 heterocycles. The molecule has 9 nitrogen and oxygen atoms in total. The van der Waals surface area contributed by atoms with E-state index in [9.17, 15) is 4.79 Å². The summed E-state index contributed by atoms with van der Waals surface area (Å²) in [7, 11) is 1.62. The minimum atomic E-state index is -0.329. The quantitative estimate of drug-likeness (QED) is 0.604. The number of tetrazole rings is 1. The summed E-state index contributed by atoms with van der Waals surface area (Å²) >= 11 is 0. The topological polar surface area (TPSA) is 92.2 Å². The Morgan fingerprint density at radius 1 is 1.16 bits per heavy atom. The molecule has 3 aromatic rings. The molecule has 4 rings (SSSR count). The number of likely N-dealkylation sites (N-methyl/N-ethyl adjacent to an activating group) is 1. The van der Waals surface area contributed by atoms with Gasteiger partial charge in [0.1, 0.15) is 11.8 Å². The number of nitrogens with zero attached hydrogens (tertiary/aromatic N) is 6. The van der Waals surface area contributed by atoms with Gasteiger partial charge in [0.25, 0.3) is 5.56 Å². The van der Waals surface area contributed by atoms with Gasteiger partial charge in [-0.2, -0.15) is 0 Å². The molecule has 0 aliphatic carbocycles. The molecular formula is C23H33N7O2. The molecule has 9 heteroatoms. The Hall–Kier alpha value is -2.78. The first-order valence-corrected chi connectivity index (χ1v) is 11.3. The van der Waals surface area contributed by atoms with Gasteiger partial charge >= 0.3 is 0 Å². The Kier molecular flexibility index (Phi) is 6.30. The van der Waals surface area contributed by atoms with Crippen molar-refractivity contribution in [1.82, 2.24) is 35.0 Å². The molecule has 1 fully saturated rings. The molecule has 0 spiro atoms. The summed E-state index contributed by atoms with van der Waals surface area (Å²) in [5.41, 5.74) is 1.02. The highest BCUT2D eigenvalue weighted by Crippen LogP contribution is 2.31. The molecule has 1 saturated heterocycles. The minimum Gasteiger partial charge on any atom is -0.497 e. The van der Waals surface area contributed by atoms with E-state index in [-0.39, 0.29) is 17.1 Å². The largest absolute Gasteiger partial charge is 0.497 e. The maximum absolute atomic E-state index is 13.4. The van der Waals surface area contributed by atoms with Crippen LogP contribution in [0.1, 0.15) is 51.5 Å². The number of rotatable bonds is 7. The molecule has 2 aromatic heterocycles. The van der Waals surface area contributed by atoms with Gasteiger partial charge < -0.3 is 14.6 Å². The predicted molar refractivity (Wildman–Crippen MR) is 124 cm³/mol. The summed E-state index contributed by atoms with van der Waals surface area (Å²) in [6.07, 6.45) is 0.870. The van der Waals surface area contributed by atoms with Crippen molar-refractivity contribution < 1.29 is 4.74 Å². The fourth-order valence-corrected chi connectivity index (χ4v) is 4.31. The van der Waals surface area contributed by atoms with Gasteiger partial charge in [-0.25, -0.2) is 4.68 Å². The summed E-state index contributed by atoms with van der Waals surface area (Å²) in [5, 5.41) is 13.8. The summed E-state index contributed by atoms with van der Waals surface area (Å²) in [4.78, 5) is 21.2. The first-order chi connectivity index (χ1) is 15.4. The van der Waals surface area contributed by atoms with Gasteiger partial charge in [0.05, 0.1) is 18.2 Å². The minimum absolute atomic E-state index is 0.127. The lowest BCUT2D eigenvalue weighted by Gasteiger charge is -2.39. The monoisotopic (exact) mass is 439 g/mol. The third kappa shape index (κ3) is 4.14. The maximum atomic E-state index is 13.4. The zero-order valence-corrected chi connectivity index (χ0v) is 19.6. The second kappa shape index (κ2) is 8.99. The standard InChI is InChI=1S/C23H33N7O2/c1-6-23(3,4)30-21(25-26-27-30)20(29-12-10-28(7-2)11-13-29)18-14-16-8-9-17(32-5)15-19(16)24-22(18)31/h8-9,14-15,20H,6-7,10-13H2,1-5H3,(H,24,31). The van der Waals surface area contributed by atoms with Gasteiger partial charge in [-0.05, 0) is 60.8 Å². The molecule has 0 bridgehead atoms. The second-order valence-corrected chi connectivity index (χ2v) is 8.99. The van der Waals surface area contributed by atoms with Crippen LogP contribution in [0.5, 0.6) is 5.75 Å². The third-order valence-corrected chi connectivity index (χ3v) is 6.77. The Labute approximate surface area is 188 Å². The number of fused-ring (bicyclic) bond motifs is 1. The number of ether oxygens (including phenoxy) is 1. The van der Waals surface area contributed by atoms with E-state index in [2.05, 4.69) is 58.0 Å². The van der Waals surface area contributed by atoms with Crippen molar-refractivity contribution in [3.05, 3.63) is 46.0 Å². The van der Waals surface area contributed by atoms with Gasteiger partial charge in [0.2, 0.25) is 0 Å². The van der Waals surface area contributed by atoms with Crippen LogP contribution in [0.15, 0.2) is 29.1 Å². The smallest absolute Gasteiger partial charge is 0.253 e. The Balaban J connectivity index is 1.85. The number of H-pyrrole nitrogens is 1. The second-order valence-electron chi connectivity index (χ2n) is 8.99. The van der Waals surface area contributed by atoms with Crippen LogP contribution in [0.25, 0.3) is 10.9 Å². The highest BCUT2D eigenvalue weighted by Gasteiger charge is 2.35. The molecule has 32 heavy (non-hydrogen) atoms. The van der Waals surface area contributed by atoms with Crippen LogP contribution >= 0.6 is 0 Å². The number of aromatic amines is 1. The van der Waals surface area contributed by atoms with Crippen LogP contribution in [0.3, 0.4) is 0 Å². The van der Waals surface area contributed by atoms with Gasteiger partial charge in [-0.15, -0.1) is 5.10 Å². The van der Waals surface area contributed by atoms with Crippen molar-refractivity contribution in [2.24, 2.45) is 0 Å². The van der Waals surface area contributed by atoms with Gasteiger partial charge in [0, 0.05) is 37.8 Å². The molecule has 1 aliphatic heterocycles. The molecule has 1 aromatic carbocycles. The van der Waals surface area contributed by atoms with Crippen LogP contribution in [0, 0.1) is 0 Å². The van der Waals surface area contributed by atoms with E-state index < -0.39 is 0 Å². The van der Waals surface area contributed by atoms with Crippen molar-refractivity contribution >= 4 is 10.9 Å². The van der Waals surface area contributed by atoms with E-state index in [0.717, 1.165) is 50.0 Å². The van der Waals surface area contributed by atoms with Crippen LogP contribution in [0.2, 0.25) is 0 Å². The highest BCUT2D eigenvalue weighted by atomic mass is 16.5. The number of pyridine rings is 1. The number of hydrogen-bond donors (Lipinski definition) is 1. The average Bonchev–Trinajstić information content (AvgIpc) is 3.30. The molecule has 0 radical (unpaired) electrons. The maximum Gasteiger partial charge on any atom is 0.253 e. The molecule has 1 atom stereocenters. The van der Waals surface area contributed by atoms with Crippen molar-refractivity contribution in [1.29, 1.82) is 0 Å². The van der Waals surface area contributed by atoms with E-state index in [1.165, 1.54) is 0 Å². The van der Waals surface area contributed by atoms with Crippen molar-refractivity contribution in [2.75, 3.05) is 39.8 Å². The SMILES string of the molecule is CCN1CCN(C(c2cc3ccc(OC)cc3[nH]c2=O)c2nnnn2C(C)(C)CC)CC1. The van der Waals surface area contributed by atoms with Crippen LogP contribution < -0.4 is 10.3 Å². The average molecular weight is 440 g/mol. The lowest BCUT2D eigenvalue weighted by molar-refractivity contribution is 0.105. The van der Waals surface area contributed by atoms with Crippen LogP contribution in [-0.4, -0.2) is 74.8 Å². The van der Waals surface area contributed by atoms with E-state index >= 15 is 0 Å². The summed E-state index contributed by atoms with van der Waals surface area (Å²) < 4.78 is 7.21. The van der Waals surface area contributed by atoms with Crippen molar-refractivity contribution in [2.45, 2.75) is 45.7 Å². The molecule has 1 N–H and O–H groups in total. The number of benzene rings is 1. The lowest BCUT2D eigenvalue weighted by atomic mass is 9.99. The Morgan fingerprint density at radius 3 is 2.56 bits per heavy atom. The molecule has 0 saturated carbocycles. The molecule has 1 unspecified atom stereocenters. The molecule has 1 aliphatic rings. The van der Waals surface area contributed by atoms with E-state index in [0.29, 0.717) is 17.1 Å². The van der Waals surface area contributed by atoms with E-state index in [1.54, 1.807) is 7.11 Å². The predicted octanol–water partition coefficient (Wildman–Crippen LogP) is 2.40. The number of hydrogen-bond acceptors (Lipinski definition) is 7. The van der Waals surface area contributed by atoms with E-state index in [4.69, 9.17) is 4.74 Å². The summed E-state index contributed by atoms with van der Waals surface area (Å²) in [6.45, 7) is 13.2.